The second-order valence-corrected chi connectivity index (χ2v) is 26.0. The lowest BCUT2D eigenvalue weighted by Crippen LogP contribution is -2.45. The molecule has 3 unspecified atom stereocenters. The minimum atomic E-state index is -4.36. The Balaban J connectivity index is 4.13. The molecule has 1 amide bonds. The van der Waals surface area contributed by atoms with E-state index in [9.17, 15) is 19.4 Å². The second-order valence-electron chi connectivity index (χ2n) is 24.5. The Morgan fingerprint density at radius 3 is 1.04 bits per heavy atom. The molecular formula is C68H134N2O6P+. The van der Waals surface area contributed by atoms with Gasteiger partial charge in [-0.1, -0.05) is 326 Å². The van der Waals surface area contributed by atoms with Gasteiger partial charge in [0.05, 0.1) is 39.9 Å². The summed E-state index contributed by atoms with van der Waals surface area (Å²) in [7, 11) is 1.56. The summed E-state index contributed by atoms with van der Waals surface area (Å²) in [5.41, 5.74) is 0. The molecule has 0 aromatic rings. The number of carbonyl (C=O) groups excluding carboxylic acids is 1. The number of hydrogen-bond acceptors (Lipinski definition) is 5. The van der Waals surface area contributed by atoms with Gasteiger partial charge in [0.25, 0.3) is 0 Å². The topological polar surface area (TPSA) is 105 Å². The van der Waals surface area contributed by atoms with E-state index in [-0.39, 0.29) is 19.1 Å². The summed E-state index contributed by atoms with van der Waals surface area (Å²) < 4.78 is 23.8. The van der Waals surface area contributed by atoms with E-state index in [0.717, 1.165) is 44.9 Å². The number of likely N-dealkylation sites (N-methyl/N-ethyl adjacent to an activating group) is 1. The molecule has 0 fully saturated rings. The van der Waals surface area contributed by atoms with Crippen LogP contribution in [0.2, 0.25) is 0 Å². The largest absolute Gasteiger partial charge is 0.472 e. The van der Waals surface area contributed by atoms with Crippen molar-refractivity contribution in [1.82, 2.24) is 5.32 Å². The van der Waals surface area contributed by atoms with E-state index in [2.05, 4.69) is 43.5 Å². The highest BCUT2D eigenvalue weighted by Crippen LogP contribution is 2.43. The number of allylic oxidation sites excluding steroid dienone is 5. The smallest absolute Gasteiger partial charge is 0.387 e. The van der Waals surface area contributed by atoms with Crippen LogP contribution < -0.4 is 5.32 Å². The average Bonchev–Trinajstić information content (AvgIpc) is 3.39. The first-order valence-corrected chi connectivity index (χ1v) is 35.4. The van der Waals surface area contributed by atoms with Gasteiger partial charge in [-0.15, -0.1) is 0 Å². The zero-order valence-corrected chi connectivity index (χ0v) is 53.1. The van der Waals surface area contributed by atoms with Crippen LogP contribution in [-0.2, 0) is 18.4 Å². The van der Waals surface area contributed by atoms with Gasteiger partial charge >= 0.3 is 7.82 Å². The summed E-state index contributed by atoms with van der Waals surface area (Å²) in [5, 5.41) is 14.0. The normalized spacial score (nSPS) is 13.9. The van der Waals surface area contributed by atoms with Crippen molar-refractivity contribution in [2.24, 2.45) is 0 Å². The van der Waals surface area contributed by atoms with Crippen LogP contribution in [0.1, 0.15) is 341 Å². The highest BCUT2D eigenvalue weighted by atomic mass is 31.2. The molecule has 0 aromatic heterocycles. The Kier molecular flexibility index (Phi) is 58.4. The summed E-state index contributed by atoms with van der Waals surface area (Å²) in [5.74, 6) is -0.184. The van der Waals surface area contributed by atoms with Crippen LogP contribution in [0.3, 0.4) is 0 Å². The van der Waals surface area contributed by atoms with Gasteiger partial charge in [-0.3, -0.25) is 13.8 Å². The van der Waals surface area contributed by atoms with Gasteiger partial charge in [0.2, 0.25) is 5.91 Å². The van der Waals surface area contributed by atoms with E-state index in [1.807, 2.05) is 27.2 Å². The molecule has 0 saturated heterocycles. The van der Waals surface area contributed by atoms with Crippen molar-refractivity contribution in [1.29, 1.82) is 0 Å². The van der Waals surface area contributed by atoms with E-state index in [1.54, 1.807) is 6.08 Å². The molecule has 0 spiro atoms. The molecule has 9 heteroatoms. The minimum absolute atomic E-state index is 0.0554. The lowest BCUT2D eigenvalue weighted by atomic mass is 10.0. The molecule has 3 N–H and O–H groups in total. The molecule has 8 nitrogen and oxygen atoms in total. The van der Waals surface area contributed by atoms with Crippen molar-refractivity contribution >= 4 is 13.7 Å². The minimum Gasteiger partial charge on any atom is -0.387 e. The number of rotatable bonds is 63. The first kappa shape index (κ1) is 75.7. The highest BCUT2D eigenvalue weighted by Gasteiger charge is 2.28. The summed E-state index contributed by atoms with van der Waals surface area (Å²) in [6, 6.07) is -0.869. The van der Waals surface area contributed by atoms with Gasteiger partial charge < -0.3 is 19.8 Å². The fourth-order valence-electron chi connectivity index (χ4n) is 10.3. The van der Waals surface area contributed by atoms with Gasteiger partial charge in [0.1, 0.15) is 13.2 Å². The third-order valence-electron chi connectivity index (χ3n) is 15.6. The quantitative estimate of drug-likeness (QED) is 0.0243. The lowest BCUT2D eigenvalue weighted by molar-refractivity contribution is -0.870. The monoisotopic (exact) mass is 1110 g/mol. The standard InChI is InChI=1S/C68H133N2O6P/c1-6-8-10-12-14-16-18-20-22-24-26-28-30-32-33-34-35-36-37-38-39-41-43-45-47-49-51-53-55-57-59-61-67(71)66(65-76-77(73,74)75-64-63-70(3,4)5)69-68(72)62-60-58-56-54-52-50-48-46-44-42-40-31-29-27-25-23-21-19-17-15-13-11-9-7-2/h43,45,51,53,59,61,66-67,71H,6-42,44,46-50,52,54-58,60,62-65H2,1-5H3,(H-,69,72,73,74)/p+1/b45-43+,53-51+,61-59+. The number of phosphoric acid groups is 1. The molecule has 0 aliphatic rings. The van der Waals surface area contributed by atoms with Gasteiger partial charge in [-0.25, -0.2) is 4.57 Å². The van der Waals surface area contributed by atoms with Crippen molar-refractivity contribution < 1.29 is 32.9 Å². The van der Waals surface area contributed by atoms with Crippen LogP contribution >= 0.6 is 7.82 Å². The van der Waals surface area contributed by atoms with E-state index in [4.69, 9.17) is 9.05 Å². The third kappa shape index (κ3) is 62.2. The van der Waals surface area contributed by atoms with Crippen LogP contribution in [0, 0.1) is 0 Å². The van der Waals surface area contributed by atoms with Crippen molar-refractivity contribution in [3.8, 4) is 0 Å². The predicted octanol–water partition coefficient (Wildman–Crippen LogP) is 21.3. The first-order chi connectivity index (χ1) is 37.5. The Morgan fingerprint density at radius 2 is 0.714 bits per heavy atom. The number of carbonyl (C=O) groups is 1. The van der Waals surface area contributed by atoms with E-state index in [0.29, 0.717) is 17.4 Å². The Hall–Kier alpha value is -1.28. The summed E-state index contributed by atoms with van der Waals surface area (Å²) >= 11 is 0. The molecule has 0 heterocycles. The van der Waals surface area contributed by atoms with Crippen LogP contribution in [0.15, 0.2) is 36.5 Å². The molecule has 77 heavy (non-hydrogen) atoms. The molecule has 3 atom stereocenters. The number of nitrogens with one attached hydrogen (secondary N) is 1. The summed E-state index contributed by atoms with van der Waals surface area (Å²) in [6.07, 6.45) is 78.7. The molecule has 0 rings (SSSR count). The number of unbranched alkanes of at least 4 members (excludes halogenated alkanes) is 46. The van der Waals surface area contributed by atoms with Gasteiger partial charge in [-0.05, 0) is 44.9 Å². The van der Waals surface area contributed by atoms with Crippen LogP contribution in [0.4, 0.5) is 0 Å². The second kappa shape index (κ2) is 59.3. The molecule has 0 bridgehead atoms. The van der Waals surface area contributed by atoms with Gasteiger partial charge in [0, 0.05) is 6.42 Å². The number of aliphatic hydroxyl groups excluding tert-OH is 1. The molecule has 0 radical (unpaired) electrons. The summed E-state index contributed by atoms with van der Waals surface area (Å²) in [4.78, 5) is 23.4. The zero-order valence-electron chi connectivity index (χ0n) is 52.2. The highest BCUT2D eigenvalue weighted by molar-refractivity contribution is 7.47. The van der Waals surface area contributed by atoms with E-state index >= 15 is 0 Å². The Morgan fingerprint density at radius 1 is 0.429 bits per heavy atom. The molecule has 0 aliphatic heterocycles. The number of quaternary nitrogens is 1. The number of aliphatic hydroxyl groups is 1. The average molecular weight is 1110 g/mol. The van der Waals surface area contributed by atoms with Gasteiger partial charge in [-0.2, -0.15) is 0 Å². The Labute approximate surface area is 480 Å². The maximum Gasteiger partial charge on any atom is 0.472 e. The molecule has 0 aromatic carbocycles. The fourth-order valence-corrected chi connectivity index (χ4v) is 11.1. The molecule has 456 valence electrons. The number of nitrogens with zero attached hydrogens (tertiary/aromatic N) is 1. The van der Waals surface area contributed by atoms with Crippen molar-refractivity contribution in [3.63, 3.8) is 0 Å². The van der Waals surface area contributed by atoms with Gasteiger partial charge in [0.15, 0.2) is 0 Å². The summed E-state index contributed by atoms with van der Waals surface area (Å²) in [6.45, 7) is 4.85. The third-order valence-corrected chi connectivity index (χ3v) is 16.6. The van der Waals surface area contributed by atoms with Crippen molar-refractivity contribution in [2.75, 3.05) is 40.9 Å². The fraction of sp³-hybridized carbons (Fsp3) is 0.897. The van der Waals surface area contributed by atoms with Crippen molar-refractivity contribution in [2.45, 2.75) is 353 Å². The Bertz CT molecular complexity index is 1350. The predicted molar refractivity (Wildman–Crippen MR) is 337 cm³/mol. The molecule has 0 aliphatic carbocycles. The van der Waals surface area contributed by atoms with E-state index < -0.39 is 20.0 Å². The van der Waals surface area contributed by atoms with E-state index in [1.165, 1.54) is 276 Å². The zero-order chi connectivity index (χ0) is 56.3. The molecular weight excluding hydrogens is 972 g/mol. The number of hydrogen-bond donors (Lipinski definition) is 3. The molecule has 0 saturated carbocycles. The SMILES string of the molecule is CCCCCCCCCCCCCCCCCCCCCCC/C=C/CC/C=C/CC/C=C/C(O)C(COP(=O)(O)OCC[N+](C)(C)C)NC(=O)CCCCCCCCCCCCCCCCCCCCCCCCCC. The van der Waals surface area contributed by atoms with Crippen LogP contribution in [-0.4, -0.2) is 73.4 Å². The number of phosphoric ester groups is 1. The van der Waals surface area contributed by atoms with Crippen molar-refractivity contribution in [3.05, 3.63) is 36.5 Å². The number of amides is 1. The van der Waals surface area contributed by atoms with Crippen LogP contribution in [0.25, 0.3) is 0 Å². The van der Waals surface area contributed by atoms with Crippen LogP contribution in [0.5, 0.6) is 0 Å². The maximum atomic E-state index is 13.0. The maximum absolute atomic E-state index is 13.0. The first-order valence-electron chi connectivity index (χ1n) is 33.9. The lowest BCUT2D eigenvalue weighted by Gasteiger charge is -2.25.